The molecular formula is C12H14N2O4. The molecule has 6 heteroatoms. The lowest BCUT2D eigenvalue weighted by atomic mass is 9.89. The predicted molar refractivity (Wildman–Crippen MR) is 63.5 cm³/mol. The monoisotopic (exact) mass is 250 g/mol. The highest BCUT2D eigenvalue weighted by molar-refractivity contribution is 6.00. The van der Waals surface area contributed by atoms with Gasteiger partial charge in [-0.1, -0.05) is 0 Å². The lowest BCUT2D eigenvalue weighted by Crippen LogP contribution is -2.46. The number of aliphatic hydroxyl groups is 1. The Bertz CT molecular complexity index is 497. The topological polar surface area (TPSA) is 93.8 Å². The van der Waals surface area contributed by atoms with Crippen LogP contribution in [-0.2, 0) is 0 Å². The Morgan fingerprint density at radius 2 is 2.00 bits per heavy atom. The molecule has 1 aromatic rings. The molecule has 1 fully saturated rings. The third-order valence-corrected chi connectivity index (χ3v) is 3.24. The number of hydrogen-bond acceptors (Lipinski definition) is 5. The van der Waals surface area contributed by atoms with E-state index in [1.807, 2.05) is 0 Å². The summed E-state index contributed by atoms with van der Waals surface area (Å²) in [6.45, 7) is 0.147. The fraction of sp³-hybridized carbons (Fsp3) is 0.417. The molecule has 18 heavy (non-hydrogen) atoms. The Morgan fingerprint density at radius 3 is 2.67 bits per heavy atom. The Balaban J connectivity index is 1.77. The number of nitrogen functional groups attached to an aromatic ring is 1. The molecule has 0 saturated heterocycles. The number of ether oxygens (including phenoxy) is 2. The average molecular weight is 250 g/mol. The molecule has 0 unspecified atom stereocenters. The number of amides is 1. The molecule has 1 saturated carbocycles. The first kappa shape index (κ1) is 11.2. The van der Waals surface area contributed by atoms with Crippen LogP contribution < -0.4 is 20.5 Å². The molecule has 1 aliphatic heterocycles. The van der Waals surface area contributed by atoms with Gasteiger partial charge < -0.3 is 25.6 Å². The van der Waals surface area contributed by atoms with E-state index < -0.39 is 0 Å². The van der Waals surface area contributed by atoms with Crippen molar-refractivity contribution in [2.45, 2.75) is 25.0 Å². The van der Waals surface area contributed by atoms with Gasteiger partial charge >= 0.3 is 0 Å². The molecule has 0 bridgehead atoms. The summed E-state index contributed by atoms with van der Waals surface area (Å²) < 4.78 is 10.4. The minimum absolute atomic E-state index is 0.0253. The standard InChI is InChI=1S/C12H14N2O4/c13-9-4-11-10(17-5-18-11)3-8(9)12(16)14-6-1-7(15)2-6/h3-4,6-7,15H,1-2,5,13H2,(H,14,16). The van der Waals surface area contributed by atoms with Crippen molar-refractivity contribution in [2.24, 2.45) is 0 Å². The minimum atomic E-state index is -0.301. The van der Waals surface area contributed by atoms with Gasteiger partial charge in [-0.05, 0) is 18.9 Å². The number of carbonyl (C=O) groups is 1. The summed E-state index contributed by atoms with van der Waals surface area (Å²) in [4.78, 5) is 12.0. The normalized spacial score (nSPS) is 24.5. The molecule has 0 spiro atoms. The SMILES string of the molecule is Nc1cc2c(cc1C(=O)NC1CC(O)C1)OCO2. The molecule has 4 N–H and O–H groups in total. The van der Waals surface area contributed by atoms with Crippen LogP contribution in [0.4, 0.5) is 5.69 Å². The van der Waals surface area contributed by atoms with Crippen molar-refractivity contribution in [3.8, 4) is 11.5 Å². The molecule has 2 aliphatic rings. The van der Waals surface area contributed by atoms with Crippen LogP contribution in [-0.4, -0.2) is 30.0 Å². The van der Waals surface area contributed by atoms with Crippen molar-refractivity contribution in [2.75, 3.05) is 12.5 Å². The van der Waals surface area contributed by atoms with Crippen LogP contribution in [0.5, 0.6) is 11.5 Å². The quantitative estimate of drug-likeness (QED) is 0.654. The summed E-state index contributed by atoms with van der Waals surface area (Å²) in [5.74, 6) is 0.841. The summed E-state index contributed by atoms with van der Waals surface area (Å²) in [5, 5.41) is 12.0. The molecule has 1 aliphatic carbocycles. The number of anilines is 1. The van der Waals surface area contributed by atoms with Crippen LogP contribution in [0, 0.1) is 0 Å². The zero-order valence-corrected chi connectivity index (χ0v) is 9.68. The van der Waals surface area contributed by atoms with Gasteiger partial charge in [0.15, 0.2) is 11.5 Å². The van der Waals surface area contributed by atoms with E-state index in [-0.39, 0.29) is 24.8 Å². The van der Waals surface area contributed by atoms with Gasteiger partial charge in [0.05, 0.1) is 11.7 Å². The van der Waals surface area contributed by atoms with Gasteiger partial charge in [0.1, 0.15) is 0 Å². The molecule has 1 aromatic carbocycles. The summed E-state index contributed by atoms with van der Waals surface area (Å²) in [7, 11) is 0. The Hall–Kier alpha value is -1.95. The second-order valence-electron chi connectivity index (χ2n) is 4.59. The van der Waals surface area contributed by atoms with E-state index in [9.17, 15) is 9.90 Å². The van der Waals surface area contributed by atoms with Gasteiger partial charge in [-0.2, -0.15) is 0 Å². The fourth-order valence-electron chi connectivity index (χ4n) is 2.12. The van der Waals surface area contributed by atoms with Gasteiger partial charge in [0.25, 0.3) is 5.91 Å². The van der Waals surface area contributed by atoms with E-state index in [0.29, 0.717) is 35.6 Å². The van der Waals surface area contributed by atoms with Gasteiger partial charge in [-0.3, -0.25) is 4.79 Å². The zero-order chi connectivity index (χ0) is 12.7. The number of rotatable bonds is 2. The van der Waals surface area contributed by atoms with Gasteiger partial charge in [0.2, 0.25) is 6.79 Å². The number of nitrogens with two attached hydrogens (primary N) is 1. The first-order valence-corrected chi connectivity index (χ1v) is 5.81. The number of nitrogens with one attached hydrogen (secondary N) is 1. The number of fused-ring (bicyclic) bond motifs is 1. The smallest absolute Gasteiger partial charge is 0.253 e. The number of carbonyl (C=O) groups excluding carboxylic acids is 1. The zero-order valence-electron chi connectivity index (χ0n) is 9.68. The molecule has 6 nitrogen and oxygen atoms in total. The molecule has 0 radical (unpaired) electrons. The Labute approximate surface area is 104 Å². The van der Waals surface area contributed by atoms with Crippen LogP contribution in [0.2, 0.25) is 0 Å². The second kappa shape index (κ2) is 4.06. The van der Waals surface area contributed by atoms with E-state index in [1.54, 1.807) is 12.1 Å². The third-order valence-electron chi connectivity index (χ3n) is 3.24. The van der Waals surface area contributed by atoms with Crippen molar-refractivity contribution in [1.29, 1.82) is 0 Å². The fourth-order valence-corrected chi connectivity index (χ4v) is 2.12. The van der Waals surface area contributed by atoms with E-state index in [1.165, 1.54) is 0 Å². The van der Waals surface area contributed by atoms with Gasteiger partial charge in [0, 0.05) is 17.8 Å². The molecule has 0 aromatic heterocycles. The molecule has 1 heterocycles. The van der Waals surface area contributed by atoms with E-state index in [0.717, 1.165) is 0 Å². The average Bonchev–Trinajstić information content (AvgIpc) is 2.72. The van der Waals surface area contributed by atoms with Crippen LogP contribution >= 0.6 is 0 Å². The number of aliphatic hydroxyl groups excluding tert-OH is 1. The molecular weight excluding hydrogens is 236 g/mol. The number of benzene rings is 1. The van der Waals surface area contributed by atoms with Gasteiger partial charge in [-0.25, -0.2) is 0 Å². The van der Waals surface area contributed by atoms with E-state index in [2.05, 4.69) is 5.32 Å². The lowest BCUT2D eigenvalue weighted by Gasteiger charge is -2.32. The van der Waals surface area contributed by atoms with Crippen molar-refractivity contribution in [3.63, 3.8) is 0 Å². The summed E-state index contributed by atoms with van der Waals surface area (Å²) >= 11 is 0. The summed E-state index contributed by atoms with van der Waals surface area (Å²) in [5.41, 5.74) is 6.54. The first-order valence-electron chi connectivity index (χ1n) is 5.81. The molecule has 3 rings (SSSR count). The van der Waals surface area contributed by atoms with Crippen molar-refractivity contribution in [1.82, 2.24) is 5.32 Å². The second-order valence-corrected chi connectivity index (χ2v) is 4.59. The van der Waals surface area contributed by atoms with Crippen LogP contribution in [0.1, 0.15) is 23.2 Å². The van der Waals surface area contributed by atoms with Crippen LogP contribution in [0.25, 0.3) is 0 Å². The summed E-state index contributed by atoms with van der Waals surface area (Å²) in [6, 6.07) is 3.20. The molecule has 96 valence electrons. The van der Waals surface area contributed by atoms with Crippen molar-refractivity contribution >= 4 is 11.6 Å². The number of hydrogen-bond donors (Lipinski definition) is 3. The Morgan fingerprint density at radius 1 is 1.33 bits per heavy atom. The van der Waals surface area contributed by atoms with Crippen molar-refractivity contribution < 1.29 is 19.4 Å². The van der Waals surface area contributed by atoms with E-state index in [4.69, 9.17) is 15.2 Å². The maximum absolute atomic E-state index is 12.0. The largest absolute Gasteiger partial charge is 0.454 e. The Kier molecular flexibility index (Phi) is 2.52. The van der Waals surface area contributed by atoms with Crippen LogP contribution in [0.3, 0.4) is 0 Å². The third kappa shape index (κ3) is 1.84. The molecule has 1 amide bonds. The first-order chi connectivity index (χ1) is 8.63. The van der Waals surface area contributed by atoms with Gasteiger partial charge in [-0.15, -0.1) is 0 Å². The highest BCUT2D eigenvalue weighted by atomic mass is 16.7. The lowest BCUT2D eigenvalue weighted by molar-refractivity contribution is 0.0563. The highest BCUT2D eigenvalue weighted by Gasteiger charge is 2.29. The van der Waals surface area contributed by atoms with E-state index >= 15 is 0 Å². The van der Waals surface area contributed by atoms with Crippen LogP contribution in [0.15, 0.2) is 12.1 Å². The highest BCUT2D eigenvalue weighted by Crippen LogP contribution is 2.36. The maximum Gasteiger partial charge on any atom is 0.253 e. The molecule has 0 atom stereocenters. The maximum atomic E-state index is 12.0. The van der Waals surface area contributed by atoms with Crippen molar-refractivity contribution in [3.05, 3.63) is 17.7 Å². The minimum Gasteiger partial charge on any atom is -0.454 e. The summed E-state index contributed by atoms with van der Waals surface area (Å²) in [6.07, 6.45) is 0.885. The predicted octanol–water partition coefficient (Wildman–Crippen LogP) is 0.251.